The normalized spacial score (nSPS) is 10.9. The number of halogens is 1. The lowest BCUT2D eigenvalue weighted by Gasteiger charge is -2.01. The number of rotatable bonds is 3. The van der Waals surface area contributed by atoms with Crippen molar-refractivity contribution in [1.82, 2.24) is 0 Å². The first-order valence-electron chi connectivity index (χ1n) is 5.42. The van der Waals surface area contributed by atoms with Crippen LogP contribution < -0.4 is 0 Å². The van der Waals surface area contributed by atoms with Crippen molar-refractivity contribution in [2.24, 2.45) is 0 Å². The molecule has 0 atom stereocenters. The molecule has 0 aliphatic rings. The molecule has 0 bridgehead atoms. The second kappa shape index (κ2) is 5.67. The molecule has 86 valence electrons. The minimum atomic E-state index is -0.0263. The van der Waals surface area contributed by atoms with Crippen LogP contribution in [0.3, 0.4) is 0 Å². The summed E-state index contributed by atoms with van der Waals surface area (Å²) >= 11 is 6.02. The number of aliphatic hydroxyl groups excluding tert-OH is 1. The summed E-state index contributed by atoms with van der Waals surface area (Å²) in [6, 6.07) is 15.7. The Morgan fingerprint density at radius 1 is 0.941 bits per heavy atom. The van der Waals surface area contributed by atoms with Gasteiger partial charge in [0.15, 0.2) is 0 Å². The molecule has 1 nitrogen and oxygen atoms in total. The fourth-order valence-electron chi connectivity index (χ4n) is 1.55. The van der Waals surface area contributed by atoms with Crippen LogP contribution >= 0.6 is 11.6 Å². The molecule has 0 saturated carbocycles. The van der Waals surface area contributed by atoms with Crippen molar-refractivity contribution >= 4 is 23.8 Å². The van der Waals surface area contributed by atoms with Gasteiger partial charge in [-0.1, -0.05) is 66.2 Å². The summed E-state index contributed by atoms with van der Waals surface area (Å²) in [5, 5.41) is 9.61. The summed E-state index contributed by atoms with van der Waals surface area (Å²) in [5.74, 6) is 0. The van der Waals surface area contributed by atoms with Gasteiger partial charge in [-0.25, -0.2) is 0 Å². The number of aliphatic hydroxyl groups is 1. The summed E-state index contributed by atoms with van der Waals surface area (Å²) in [5.41, 5.74) is 2.93. The number of hydrogen-bond acceptors (Lipinski definition) is 1. The van der Waals surface area contributed by atoms with Crippen molar-refractivity contribution in [2.75, 3.05) is 0 Å². The molecule has 0 spiro atoms. The van der Waals surface area contributed by atoms with Gasteiger partial charge in [-0.15, -0.1) is 0 Å². The zero-order chi connectivity index (χ0) is 12.1. The van der Waals surface area contributed by atoms with Gasteiger partial charge in [0.05, 0.1) is 6.61 Å². The third-order valence-electron chi connectivity index (χ3n) is 2.52. The maximum atomic E-state index is 9.01. The fraction of sp³-hybridized carbons (Fsp3) is 0.0667. The van der Waals surface area contributed by atoms with Gasteiger partial charge in [-0.2, -0.15) is 0 Å². The van der Waals surface area contributed by atoms with E-state index in [0.29, 0.717) is 5.02 Å². The van der Waals surface area contributed by atoms with Crippen molar-refractivity contribution in [3.8, 4) is 0 Å². The van der Waals surface area contributed by atoms with Crippen LogP contribution in [0, 0.1) is 0 Å². The van der Waals surface area contributed by atoms with Crippen LogP contribution in [-0.4, -0.2) is 5.11 Å². The van der Waals surface area contributed by atoms with Crippen LogP contribution in [0.2, 0.25) is 5.02 Å². The number of hydrogen-bond donors (Lipinski definition) is 1. The molecule has 0 saturated heterocycles. The minimum Gasteiger partial charge on any atom is -0.392 e. The van der Waals surface area contributed by atoms with Crippen LogP contribution in [-0.2, 0) is 6.61 Å². The zero-order valence-corrected chi connectivity index (χ0v) is 10.1. The van der Waals surface area contributed by atoms with E-state index in [1.807, 2.05) is 60.7 Å². The summed E-state index contributed by atoms with van der Waals surface area (Å²) < 4.78 is 0. The first-order valence-corrected chi connectivity index (χ1v) is 5.80. The lowest BCUT2D eigenvalue weighted by atomic mass is 10.1. The van der Waals surface area contributed by atoms with E-state index in [4.69, 9.17) is 16.7 Å². The Kier molecular flexibility index (Phi) is 3.97. The Labute approximate surface area is 106 Å². The topological polar surface area (TPSA) is 20.2 Å². The molecular formula is C15H13ClO. The monoisotopic (exact) mass is 244 g/mol. The average molecular weight is 245 g/mol. The Hall–Kier alpha value is -1.57. The van der Waals surface area contributed by atoms with Crippen molar-refractivity contribution in [3.05, 3.63) is 70.2 Å². The van der Waals surface area contributed by atoms with Crippen molar-refractivity contribution in [2.45, 2.75) is 6.61 Å². The Morgan fingerprint density at radius 2 is 1.65 bits per heavy atom. The van der Waals surface area contributed by atoms with Gasteiger partial charge in [-0.3, -0.25) is 0 Å². The molecule has 17 heavy (non-hydrogen) atoms. The van der Waals surface area contributed by atoms with Crippen LogP contribution in [0.1, 0.15) is 16.7 Å². The molecule has 0 aliphatic carbocycles. The van der Waals surface area contributed by atoms with Crippen molar-refractivity contribution < 1.29 is 5.11 Å². The fourth-order valence-corrected chi connectivity index (χ4v) is 1.80. The molecule has 0 aliphatic heterocycles. The van der Waals surface area contributed by atoms with Crippen molar-refractivity contribution in [1.29, 1.82) is 0 Å². The second-order valence-electron chi connectivity index (χ2n) is 3.75. The van der Waals surface area contributed by atoms with Crippen LogP contribution in [0.15, 0.2) is 48.5 Å². The Morgan fingerprint density at radius 3 is 2.29 bits per heavy atom. The van der Waals surface area contributed by atoms with Crippen LogP contribution in [0.4, 0.5) is 0 Å². The average Bonchev–Trinajstić information content (AvgIpc) is 2.38. The summed E-state index contributed by atoms with van der Waals surface area (Å²) in [6.45, 7) is -0.0263. The zero-order valence-electron chi connectivity index (χ0n) is 9.31. The Balaban J connectivity index is 2.19. The first kappa shape index (κ1) is 11.9. The molecule has 1 N–H and O–H groups in total. The number of benzene rings is 2. The highest BCUT2D eigenvalue weighted by Crippen LogP contribution is 2.19. The summed E-state index contributed by atoms with van der Waals surface area (Å²) in [7, 11) is 0. The van der Waals surface area contributed by atoms with E-state index in [1.54, 1.807) is 0 Å². The smallest absolute Gasteiger partial charge is 0.0696 e. The lowest BCUT2D eigenvalue weighted by molar-refractivity contribution is 0.282. The summed E-state index contributed by atoms with van der Waals surface area (Å²) in [4.78, 5) is 0. The van der Waals surface area contributed by atoms with Crippen molar-refractivity contribution in [3.63, 3.8) is 0 Å². The molecule has 0 radical (unpaired) electrons. The van der Waals surface area contributed by atoms with Crippen LogP contribution in [0.5, 0.6) is 0 Å². The molecule has 2 heteroatoms. The SMILES string of the molecule is OCc1ccc(C=Cc2ccccc2)cc1Cl. The summed E-state index contributed by atoms with van der Waals surface area (Å²) in [6.07, 6.45) is 4.03. The maximum absolute atomic E-state index is 9.01. The second-order valence-corrected chi connectivity index (χ2v) is 4.16. The molecule has 2 aromatic rings. The quantitative estimate of drug-likeness (QED) is 0.809. The lowest BCUT2D eigenvalue weighted by Crippen LogP contribution is -1.84. The van der Waals surface area contributed by atoms with E-state index in [9.17, 15) is 0 Å². The molecule has 0 unspecified atom stereocenters. The largest absolute Gasteiger partial charge is 0.392 e. The van der Waals surface area contributed by atoms with Gasteiger partial charge in [-0.05, 0) is 22.8 Å². The standard InChI is InChI=1S/C15H13ClO/c16-15-10-13(8-9-14(15)11-17)7-6-12-4-2-1-3-5-12/h1-10,17H,11H2. The predicted molar refractivity (Wildman–Crippen MR) is 72.7 cm³/mol. The maximum Gasteiger partial charge on any atom is 0.0696 e. The molecule has 0 heterocycles. The molecular weight excluding hydrogens is 232 g/mol. The molecule has 2 aromatic carbocycles. The molecule has 0 fully saturated rings. The molecule has 2 rings (SSSR count). The Bertz CT molecular complexity index is 518. The van der Waals surface area contributed by atoms with E-state index in [1.165, 1.54) is 0 Å². The molecule has 0 aromatic heterocycles. The predicted octanol–water partition coefficient (Wildman–Crippen LogP) is 4.00. The van der Waals surface area contributed by atoms with E-state index < -0.39 is 0 Å². The van der Waals surface area contributed by atoms with Gasteiger partial charge in [0.25, 0.3) is 0 Å². The first-order chi connectivity index (χ1) is 8.29. The highest BCUT2D eigenvalue weighted by molar-refractivity contribution is 6.31. The van der Waals surface area contributed by atoms with Gasteiger partial charge in [0.1, 0.15) is 0 Å². The van der Waals surface area contributed by atoms with Gasteiger partial charge < -0.3 is 5.11 Å². The van der Waals surface area contributed by atoms with E-state index in [0.717, 1.165) is 16.7 Å². The highest BCUT2D eigenvalue weighted by Gasteiger charge is 1.98. The third kappa shape index (κ3) is 3.19. The minimum absolute atomic E-state index is 0.0263. The van der Waals surface area contributed by atoms with Gasteiger partial charge in [0, 0.05) is 5.02 Å². The third-order valence-corrected chi connectivity index (χ3v) is 2.87. The van der Waals surface area contributed by atoms with E-state index in [2.05, 4.69) is 0 Å². The highest BCUT2D eigenvalue weighted by atomic mass is 35.5. The van der Waals surface area contributed by atoms with Gasteiger partial charge in [0.2, 0.25) is 0 Å². The van der Waals surface area contributed by atoms with Crippen LogP contribution in [0.25, 0.3) is 12.2 Å². The van der Waals surface area contributed by atoms with E-state index in [-0.39, 0.29) is 6.61 Å². The van der Waals surface area contributed by atoms with Gasteiger partial charge >= 0.3 is 0 Å². The van der Waals surface area contributed by atoms with E-state index >= 15 is 0 Å². The molecule has 0 amide bonds.